The Labute approximate surface area is 221 Å². The largest absolute Gasteiger partial charge is 0.326 e. The summed E-state index contributed by atoms with van der Waals surface area (Å²) in [4.78, 5) is 40.4. The molecule has 178 valence electrons. The standard InChI is InChI=1S/C24H17Cl3N4O3S/c25-15-6-8-19(9-7-15)30-23(34)20(13-21(32)28-18-11-16(26)10-17(27)12-18)31(24(30)35)29-22(33)14-4-2-1-3-5-14/h1-12,20H,13H2,(H,28,32)(H,29,33)/t20-/m1/s1. The van der Waals surface area contributed by atoms with E-state index in [1.807, 2.05) is 0 Å². The normalized spacial score (nSPS) is 15.3. The van der Waals surface area contributed by atoms with Gasteiger partial charge in [0.15, 0.2) is 0 Å². The van der Waals surface area contributed by atoms with Crippen molar-refractivity contribution in [3.8, 4) is 0 Å². The quantitative estimate of drug-likeness (QED) is 0.408. The summed E-state index contributed by atoms with van der Waals surface area (Å²) in [6.45, 7) is 0. The van der Waals surface area contributed by atoms with Crippen LogP contribution in [0.1, 0.15) is 16.8 Å². The summed E-state index contributed by atoms with van der Waals surface area (Å²) in [7, 11) is 0. The summed E-state index contributed by atoms with van der Waals surface area (Å²) in [5.74, 6) is -1.46. The molecule has 0 bridgehead atoms. The molecule has 7 nitrogen and oxygen atoms in total. The van der Waals surface area contributed by atoms with Crippen molar-refractivity contribution in [2.24, 2.45) is 0 Å². The molecule has 1 heterocycles. The van der Waals surface area contributed by atoms with Crippen LogP contribution in [0.4, 0.5) is 11.4 Å². The molecular formula is C24H17Cl3N4O3S. The number of carbonyl (C=O) groups is 3. The number of anilines is 2. The number of hydrazine groups is 1. The number of nitrogens with zero attached hydrogens (tertiary/aromatic N) is 2. The third kappa shape index (κ3) is 5.74. The summed E-state index contributed by atoms with van der Waals surface area (Å²) in [5.41, 5.74) is 3.85. The summed E-state index contributed by atoms with van der Waals surface area (Å²) in [6.07, 6.45) is -0.303. The minimum Gasteiger partial charge on any atom is -0.326 e. The van der Waals surface area contributed by atoms with Crippen molar-refractivity contribution < 1.29 is 14.4 Å². The van der Waals surface area contributed by atoms with E-state index < -0.39 is 23.8 Å². The number of halogens is 3. The number of rotatable bonds is 6. The first-order chi connectivity index (χ1) is 16.7. The third-order valence-electron chi connectivity index (χ3n) is 5.08. The number of hydrogen-bond acceptors (Lipinski definition) is 4. The lowest BCUT2D eigenvalue weighted by atomic mass is 10.1. The number of nitrogens with one attached hydrogen (secondary N) is 2. The molecule has 1 aliphatic heterocycles. The van der Waals surface area contributed by atoms with Crippen molar-refractivity contribution >= 4 is 81.2 Å². The topological polar surface area (TPSA) is 81.8 Å². The van der Waals surface area contributed by atoms with Crippen molar-refractivity contribution in [2.75, 3.05) is 10.2 Å². The Kier molecular flexibility index (Phi) is 7.57. The van der Waals surface area contributed by atoms with Crippen LogP contribution in [0.3, 0.4) is 0 Å². The smallest absolute Gasteiger partial charge is 0.269 e. The summed E-state index contributed by atoms with van der Waals surface area (Å²) in [5, 5.41) is 5.09. The van der Waals surface area contributed by atoms with Gasteiger partial charge >= 0.3 is 0 Å². The Hall–Kier alpha value is -3.17. The summed E-state index contributed by atoms with van der Waals surface area (Å²) >= 11 is 23.5. The molecular weight excluding hydrogens is 531 g/mol. The molecule has 3 aromatic carbocycles. The molecule has 3 amide bonds. The Morgan fingerprint density at radius 2 is 1.51 bits per heavy atom. The average molecular weight is 548 g/mol. The van der Waals surface area contributed by atoms with Gasteiger partial charge in [-0.25, -0.2) is 5.01 Å². The molecule has 0 unspecified atom stereocenters. The van der Waals surface area contributed by atoms with Gasteiger partial charge in [0.1, 0.15) is 6.04 Å². The maximum Gasteiger partial charge on any atom is 0.269 e. The average Bonchev–Trinajstić information content (AvgIpc) is 3.03. The fourth-order valence-electron chi connectivity index (χ4n) is 3.50. The molecule has 0 aliphatic carbocycles. The number of carbonyl (C=O) groups excluding carboxylic acids is 3. The summed E-state index contributed by atoms with van der Waals surface area (Å²) in [6, 6.07) is 18.4. The van der Waals surface area contributed by atoms with Crippen LogP contribution in [0.5, 0.6) is 0 Å². The van der Waals surface area contributed by atoms with E-state index in [4.69, 9.17) is 47.0 Å². The van der Waals surface area contributed by atoms with Crippen LogP contribution in [0.15, 0.2) is 72.8 Å². The second-order valence-electron chi connectivity index (χ2n) is 7.54. The van der Waals surface area contributed by atoms with E-state index in [0.29, 0.717) is 32.0 Å². The van der Waals surface area contributed by atoms with E-state index in [1.165, 1.54) is 28.1 Å². The highest BCUT2D eigenvalue weighted by Crippen LogP contribution is 2.28. The van der Waals surface area contributed by atoms with Crippen LogP contribution < -0.4 is 15.6 Å². The van der Waals surface area contributed by atoms with E-state index in [0.717, 1.165) is 0 Å². The third-order valence-corrected chi connectivity index (χ3v) is 6.15. The molecule has 3 aromatic rings. The van der Waals surface area contributed by atoms with Gasteiger partial charge < -0.3 is 5.32 Å². The fourth-order valence-corrected chi connectivity index (χ4v) is 4.52. The zero-order chi connectivity index (χ0) is 25.1. The van der Waals surface area contributed by atoms with E-state index in [-0.39, 0.29) is 11.5 Å². The second kappa shape index (κ2) is 10.6. The molecule has 0 aromatic heterocycles. The molecule has 4 rings (SSSR count). The Balaban J connectivity index is 1.60. The summed E-state index contributed by atoms with van der Waals surface area (Å²) < 4.78 is 0. The lowest BCUT2D eigenvalue weighted by molar-refractivity contribution is -0.124. The molecule has 1 saturated heterocycles. The molecule has 11 heteroatoms. The van der Waals surface area contributed by atoms with Gasteiger partial charge in [-0.3, -0.25) is 24.7 Å². The lowest BCUT2D eigenvalue weighted by Gasteiger charge is -2.24. The highest BCUT2D eigenvalue weighted by Gasteiger charge is 2.45. The SMILES string of the molecule is O=C(C[C@@H]1C(=O)N(c2ccc(Cl)cc2)C(=S)N1NC(=O)c1ccccc1)Nc1cc(Cl)cc(Cl)c1. The Morgan fingerprint density at radius 3 is 2.14 bits per heavy atom. The van der Waals surface area contributed by atoms with Gasteiger partial charge in [0, 0.05) is 26.3 Å². The minimum atomic E-state index is -1.10. The second-order valence-corrected chi connectivity index (χ2v) is 9.21. The van der Waals surface area contributed by atoms with E-state index in [9.17, 15) is 14.4 Å². The number of amides is 3. The molecule has 1 fully saturated rings. The number of hydrogen-bond donors (Lipinski definition) is 2. The van der Waals surface area contributed by atoms with Crippen LogP contribution in [-0.4, -0.2) is 33.9 Å². The van der Waals surface area contributed by atoms with E-state index in [2.05, 4.69) is 10.7 Å². The van der Waals surface area contributed by atoms with Gasteiger partial charge in [-0.15, -0.1) is 0 Å². The van der Waals surface area contributed by atoms with Gasteiger partial charge in [-0.2, -0.15) is 0 Å². The van der Waals surface area contributed by atoms with Crippen molar-refractivity contribution in [1.82, 2.24) is 10.4 Å². The molecule has 1 aliphatic rings. The first-order valence-electron chi connectivity index (χ1n) is 10.3. The molecule has 35 heavy (non-hydrogen) atoms. The van der Waals surface area contributed by atoms with E-state index in [1.54, 1.807) is 54.6 Å². The highest BCUT2D eigenvalue weighted by atomic mass is 35.5. The maximum atomic E-state index is 13.4. The Bertz CT molecular complexity index is 1280. The monoisotopic (exact) mass is 546 g/mol. The van der Waals surface area contributed by atoms with Gasteiger partial charge in [-0.05, 0) is 66.8 Å². The predicted molar refractivity (Wildman–Crippen MR) is 141 cm³/mol. The molecule has 1 atom stereocenters. The maximum absolute atomic E-state index is 13.4. The lowest BCUT2D eigenvalue weighted by Crippen LogP contribution is -2.49. The van der Waals surface area contributed by atoms with Gasteiger partial charge in [0.25, 0.3) is 11.8 Å². The minimum absolute atomic E-state index is 0.0187. The van der Waals surface area contributed by atoms with Crippen molar-refractivity contribution in [3.05, 3.63) is 93.4 Å². The zero-order valence-electron chi connectivity index (χ0n) is 17.9. The first kappa shape index (κ1) is 24.9. The highest BCUT2D eigenvalue weighted by molar-refractivity contribution is 7.80. The predicted octanol–water partition coefficient (Wildman–Crippen LogP) is 5.32. The molecule has 0 radical (unpaired) electrons. The van der Waals surface area contributed by atoms with Crippen molar-refractivity contribution in [3.63, 3.8) is 0 Å². The van der Waals surface area contributed by atoms with Crippen molar-refractivity contribution in [2.45, 2.75) is 12.5 Å². The van der Waals surface area contributed by atoms with Crippen LogP contribution in [0.25, 0.3) is 0 Å². The van der Waals surface area contributed by atoms with Crippen molar-refractivity contribution in [1.29, 1.82) is 0 Å². The van der Waals surface area contributed by atoms with Crippen LogP contribution in [-0.2, 0) is 9.59 Å². The number of benzene rings is 3. The van der Waals surface area contributed by atoms with Gasteiger partial charge in [-0.1, -0.05) is 53.0 Å². The van der Waals surface area contributed by atoms with E-state index >= 15 is 0 Å². The van der Waals surface area contributed by atoms with Crippen LogP contribution >= 0.6 is 47.0 Å². The number of thiocarbonyl (C=S) groups is 1. The molecule has 2 N–H and O–H groups in total. The van der Waals surface area contributed by atoms with Gasteiger partial charge in [0.2, 0.25) is 11.0 Å². The van der Waals surface area contributed by atoms with Gasteiger partial charge in [0.05, 0.1) is 12.1 Å². The zero-order valence-corrected chi connectivity index (χ0v) is 21.0. The van der Waals surface area contributed by atoms with Crippen LogP contribution in [0, 0.1) is 0 Å². The Morgan fingerprint density at radius 1 is 0.886 bits per heavy atom. The molecule has 0 spiro atoms. The van der Waals surface area contributed by atoms with Crippen LogP contribution in [0.2, 0.25) is 15.1 Å². The first-order valence-corrected chi connectivity index (χ1v) is 11.8. The fraction of sp³-hybridized carbons (Fsp3) is 0.0833. The molecule has 0 saturated carbocycles.